The van der Waals surface area contributed by atoms with E-state index in [1.54, 1.807) is 18.3 Å². The van der Waals surface area contributed by atoms with Crippen molar-refractivity contribution in [2.24, 2.45) is 0 Å². The van der Waals surface area contributed by atoms with Gasteiger partial charge in [-0.25, -0.2) is 4.39 Å². The molecule has 1 unspecified atom stereocenters. The fourth-order valence-electron chi connectivity index (χ4n) is 1.91. The van der Waals surface area contributed by atoms with Crippen LogP contribution in [0.25, 0.3) is 10.9 Å². The maximum Gasteiger partial charge on any atom is 0.248 e. The first-order valence-corrected chi connectivity index (χ1v) is 6.01. The Morgan fingerprint density at radius 3 is 2.68 bits per heavy atom. The van der Waals surface area contributed by atoms with Crippen molar-refractivity contribution in [1.29, 1.82) is 0 Å². The number of hydrogen-bond donors (Lipinski definition) is 0. The minimum absolute atomic E-state index is 0.0930. The highest BCUT2D eigenvalue weighted by Crippen LogP contribution is 2.25. The van der Waals surface area contributed by atoms with E-state index >= 15 is 0 Å². The molecule has 2 aromatic rings. The van der Waals surface area contributed by atoms with E-state index in [1.807, 2.05) is 25.9 Å². The van der Waals surface area contributed by atoms with E-state index < -0.39 is 5.82 Å². The Balaban J connectivity index is 2.51. The Morgan fingerprint density at radius 1 is 1.42 bits per heavy atom. The Hall–Kier alpha value is -1.88. The number of ether oxygens (including phenoxy) is 1. The van der Waals surface area contributed by atoms with Gasteiger partial charge in [0.25, 0.3) is 0 Å². The number of hydrogen-bond acceptors (Lipinski definition) is 3. The summed E-state index contributed by atoms with van der Waals surface area (Å²) in [4.78, 5) is 14.1. The van der Waals surface area contributed by atoms with E-state index in [9.17, 15) is 9.18 Å². The van der Waals surface area contributed by atoms with Crippen molar-refractivity contribution >= 4 is 16.8 Å². The number of halogens is 1. The third-order valence-corrected chi connectivity index (χ3v) is 3.33. The van der Waals surface area contributed by atoms with Gasteiger partial charge >= 0.3 is 0 Å². The predicted molar refractivity (Wildman–Crippen MR) is 72.2 cm³/mol. The minimum Gasteiger partial charge on any atom is -0.494 e. The molecule has 0 aliphatic heterocycles. The summed E-state index contributed by atoms with van der Waals surface area (Å²) in [6.45, 7) is 1.81. The summed E-state index contributed by atoms with van der Waals surface area (Å²) in [7, 11) is 5.08. The van der Waals surface area contributed by atoms with Gasteiger partial charge < -0.3 is 4.74 Å². The quantitative estimate of drug-likeness (QED) is 0.853. The van der Waals surface area contributed by atoms with Crippen LogP contribution in [0.3, 0.4) is 0 Å². The molecule has 0 fully saturated rings. The zero-order valence-electron chi connectivity index (χ0n) is 11.5. The first-order valence-electron chi connectivity index (χ1n) is 6.01. The van der Waals surface area contributed by atoms with Gasteiger partial charge in [0.1, 0.15) is 0 Å². The van der Waals surface area contributed by atoms with Crippen LogP contribution in [-0.4, -0.2) is 42.6 Å². The van der Waals surface area contributed by atoms with E-state index in [-0.39, 0.29) is 17.7 Å². The van der Waals surface area contributed by atoms with Crippen LogP contribution in [0.4, 0.5) is 4.39 Å². The Kier molecular flexibility index (Phi) is 3.57. The smallest absolute Gasteiger partial charge is 0.248 e. The minimum atomic E-state index is -0.472. The van der Waals surface area contributed by atoms with Gasteiger partial charge in [0, 0.05) is 17.6 Å². The molecule has 1 atom stereocenters. The molecule has 4 nitrogen and oxygen atoms in total. The van der Waals surface area contributed by atoms with E-state index in [2.05, 4.69) is 0 Å². The zero-order valence-corrected chi connectivity index (χ0v) is 11.5. The topological polar surface area (TPSA) is 34.5 Å². The summed E-state index contributed by atoms with van der Waals surface area (Å²) in [5.41, 5.74) is 0.553. The van der Waals surface area contributed by atoms with E-state index in [4.69, 9.17) is 4.74 Å². The Labute approximate surface area is 111 Å². The van der Waals surface area contributed by atoms with Gasteiger partial charge in [0.05, 0.1) is 18.7 Å². The third-order valence-electron chi connectivity index (χ3n) is 3.33. The van der Waals surface area contributed by atoms with Crippen LogP contribution in [0.1, 0.15) is 11.7 Å². The number of carbonyl (C=O) groups excluding carboxylic acids is 1. The van der Waals surface area contributed by atoms with Crippen molar-refractivity contribution < 1.29 is 13.9 Å². The maximum atomic E-state index is 13.7. The molecular formula is C14H17FN2O2. The second-order valence-corrected chi connectivity index (χ2v) is 4.71. The molecule has 102 valence electrons. The van der Waals surface area contributed by atoms with Crippen LogP contribution in [-0.2, 0) is 0 Å². The molecule has 1 heterocycles. The number of fused-ring (bicyclic) bond motifs is 1. The zero-order chi connectivity index (χ0) is 14.2. The molecule has 2 rings (SSSR count). The first-order chi connectivity index (χ1) is 8.95. The van der Waals surface area contributed by atoms with Gasteiger partial charge in [-0.2, -0.15) is 0 Å². The number of carbonyl (C=O) groups is 1. The SMILES string of the molecule is COc1cc2ccn(C(=O)C(C)N(C)C)c2cc1F. The van der Waals surface area contributed by atoms with Crippen LogP contribution >= 0.6 is 0 Å². The van der Waals surface area contributed by atoms with E-state index in [0.717, 1.165) is 5.39 Å². The van der Waals surface area contributed by atoms with Gasteiger partial charge in [-0.1, -0.05) is 0 Å². The van der Waals surface area contributed by atoms with E-state index in [1.165, 1.54) is 17.7 Å². The second-order valence-electron chi connectivity index (χ2n) is 4.71. The molecule has 0 saturated heterocycles. The Morgan fingerprint density at radius 2 is 2.11 bits per heavy atom. The average Bonchev–Trinajstić information content (AvgIpc) is 2.78. The summed E-state index contributed by atoms with van der Waals surface area (Å²) < 4.78 is 20.1. The van der Waals surface area contributed by atoms with Crippen LogP contribution in [0.15, 0.2) is 24.4 Å². The fourth-order valence-corrected chi connectivity index (χ4v) is 1.91. The van der Waals surface area contributed by atoms with Crippen LogP contribution in [0, 0.1) is 5.82 Å². The van der Waals surface area contributed by atoms with Crippen molar-refractivity contribution in [2.75, 3.05) is 21.2 Å². The molecule has 5 heteroatoms. The van der Waals surface area contributed by atoms with E-state index in [0.29, 0.717) is 5.52 Å². The molecule has 0 radical (unpaired) electrons. The van der Waals surface area contributed by atoms with Crippen LogP contribution in [0.2, 0.25) is 0 Å². The third kappa shape index (κ3) is 2.33. The summed E-state index contributed by atoms with van der Waals surface area (Å²) in [6.07, 6.45) is 1.66. The van der Waals surface area contributed by atoms with Crippen molar-refractivity contribution in [3.05, 3.63) is 30.2 Å². The largest absolute Gasteiger partial charge is 0.494 e. The van der Waals surface area contributed by atoms with Crippen molar-refractivity contribution in [1.82, 2.24) is 9.47 Å². The summed E-state index contributed by atoms with van der Waals surface area (Å²) in [5, 5.41) is 0.776. The summed E-state index contributed by atoms with van der Waals surface area (Å²) in [5.74, 6) is -0.386. The van der Waals surface area contributed by atoms with Crippen LogP contribution in [0.5, 0.6) is 5.75 Å². The van der Waals surface area contributed by atoms with Gasteiger partial charge in [-0.05, 0) is 33.2 Å². The van der Waals surface area contributed by atoms with Gasteiger partial charge in [0.2, 0.25) is 5.91 Å². The van der Waals surface area contributed by atoms with Crippen molar-refractivity contribution in [3.63, 3.8) is 0 Å². The van der Waals surface area contributed by atoms with Gasteiger partial charge in [0.15, 0.2) is 11.6 Å². The molecule has 0 aliphatic rings. The highest BCUT2D eigenvalue weighted by molar-refractivity contribution is 5.95. The lowest BCUT2D eigenvalue weighted by Gasteiger charge is -2.19. The highest BCUT2D eigenvalue weighted by atomic mass is 19.1. The lowest BCUT2D eigenvalue weighted by atomic mass is 10.2. The summed E-state index contributed by atoms with van der Waals surface area (Å²) in [6, 6.07) is 4.42. The average molecular weight is 264 g/mol. The number of rotatable bonds is 3. The number of aromatic nitrogens is 1. The molecule has 1 aromatic heterocycles. The predicted octanol–water partition coefficient (Wildman–Crippen LogP) is 2.38. The molecule has 0 bridgehead atoms. The maximum absolute atomic E-state index is 13.7. The second kappa shape index (κ2) is 5.01. The highest BCUT2D eigenvalue weighted by Gasteiger charge is 2.19. The Bertz CT molecular complexity index is 619. The van der Waals surface area contributed by atoms with Crippen LogP contribution < -0.4 is 4.74 Å². The first kappa shape index (κ1) is 13.5. The molecular weight excluding hydrogens is 247 g/mol. The number of methoxy groups -OCH3 is 1. The number of likely N-dealkylation sites (N-methyl/N-ethyl adjacent to an activating group) is 1. The molecule has 19 heavy (non-hydrogen) atoms. The standard InChI is InChI=1S/C14H17FN2O2/c1-9(16(2)3)14(18)17-6-5-10-7-13(19-4)11(15)8-12(10)17/h5-9H,1-4H3. The lowest BCUT2D eigenvalue weighted by molar-refractivity contribution is 0.0809. The molecule has 0 spiro atoms. The molecule has 0 N–H and O–H groups in total. The lowest BCUT2D eigenvalue weighted by Crippen LogP contribution is -2.36. The molecule has 0 saturated carbocycles. The molecule has 1 aromatic carbocycles. The van der Waals surface area contributed by atoms with Crippen molar-refractivity contribution in [3.8, 4) is 5.75 Å². The number of benzene rings is 1. The fraction of sp³-hybridized carbons (Fsp3) is 0.357. The molecule has 0 aliphatic carbocycles. The monoisotopic (exact) mass is 264 g/mol. The van der Waals surface area contributed by atoms with Gasteiger partial charge in [-0.3, -0.25) is 14.3 Å². The normalized spacial score (nSPS) is 12.9. The van der Waals surface area contributed by atoms with Gasteiger partial charge in [-0.15, -0.1) is 0 Å². The van der Waals surface area contributed by atoms with Crippen molar-refractivity contribution in [2.45, 2.75) is 13.0 Å². The number of nitrogens with zero attached hydrogens (tertiary/aromatic N) is 2. The summed E-state index contributed by atoms with van der Waals surface area (Å²) >= 11 is 0. The molecule has 0 amide bonds.